The predicted octanol–water partition coefficient (Wildman–Crippen LogP) is 2.03. The molecule has 1 unspecified atom stereocenters. The van der Waals surface area contributed by atoms with Crippen molar-refractivity contribution in [2.24, 2.45) is 0 Å². The van der Waals surface area contributed by atoms with Crippen LogP contribution in [-0.4, -0.2) is 26.5 Å². The molecule has 8 heavy (non-hydrogen) atoms. The van der Waals surface area contributed by atoms with Crippen molar-refractivity contribution >= 4 is 32.7 Å². The fourth-order valence-corrected chi connectivity index (χ4v) is 5.57. The van der Waals surface area contributed by atoms with Crippen molar-refractivity contribution in [2.45, 2.75) is 34.5 Å². The molecule has 0 radical (unpaired) electrons. The maximum atomic E-state index is 5.77. The molecule has 1 atom stereocenters. The van der Waals surface area contributed by atoms with E-state index in [1.54, 1.807) is 4.44 Å². The molecule has 0 aromatic heterocycles. The third-order valence-corrected chi connectivity index (χ3v) is 9.55. The van der Waals surface area contributed by atoms with Gasteiger partial charge in [0.05, 0.1) is 0 Å². The molecule has 0 fully saturated rings. The van der Waals surface area contributed by atoms with E-state index in [1.807, 2.05) is 0 Å². The third-order valence-electron chi connectivity index (χ3n) is 1.21. The molecule has 0 aliphatic rings. The Kier molecular flexibility index (Phi) is 7.06. The van der Waals surface area contributed by atoms with Gasteiger partial charge in [0.15, 0.2) is 0 Å². The summed E-state index contributed by atoms with van der Waals surface area (Å²) in [5, 5.41) is 0.470. The topological polar surface area (TPSA) is 0 Å². The van der Waals surface area contributed by atoms with Gasteiger partial charge < -0.3 is 0 Å². The fourth-order valence-electron chi connectivity index (χ4n) is 0.676. The molecular weight excluding hydrogens is 226 g/mol. The van der Waals surface area contributed by atoms with E-state index in [4.69, 9.17) is 11.6 Å². The summed E-state index contributed by atoms with van der Waals surface area (Å²) >= 11 is 5.45. The van der Waals surface area contributed by atoms with Gasteiger partial charge >= 0.3 is 67.3 Å². The van der Waals surface area contributed by atoms with Gasteiger partial charge in [-0.3, -0.25) is 0 Å². The molecule has 0 saturated heterocycles. The van der Waals surface area contributed by atoms with Crippen LogP contribution in [0.25, 0.3) is 0 Å². The Bertz CT molecular complexity index is 45.8. The van der Waals surface area contributed by atoms with E-state index < -0.39 is 0 Å². The van der Waals surface area contributed by atoms with Crippen LogP contribution in [0.3, 0.4) is 0 Å². The molecule has 0 bridgehead atoms. The van der Waals surface area contributed by atoms with Crippen molar-refractivity contribution in [2.75, 3.05) is 0 Å². The average molecular weight is 241 g/mol. The van der Waals surface area contributed by atoms with Crippen molar-refractivity contribution in [3.05, 3.63) is 0 Å². The summed E-state index contributed by atoms with van der Waals surface area (Å²) in [6.45, 7) is 4.37. The molecule has 0 saturated carbocycles. The normalized spacial score (nSPS) is 15.4. The number of hydrogen-bond donors (Lipinski definition) is 0. The molecule has 0 rings (SSSR count). The van der Waals surface area contributed by atoms with Crippen LogP contribution < -0.4 is 0 Å². The van der Waals surface area contributed by atoms with Crippen LogP contribution in [0.5, 0.6) is 0 Å². The van der Waals surface area contributed by atoms with Crippen molar-refractivity contribution in [3.63, 3.8) is 0 Å². The molecule has 0 N–H and O–H groups in total. The monoisotopic (exact) mass is 242 g/mol. The molecule has 0 aromatic carbocycles. The Labute approximate surface area is 67.2 Å². The molecule has 0 aliphatic carbocycles. The molecule has 0 aromatic rings. The fraction of sp³-hybridized carbons (Fsp3) is 1.00. The summed E-state index contributed by atoms with van der Waals surface area (Å²) in [5.41, 5.74) is 0. The minimum absolute atomic E-state index is 0.311. The Morgan fingerprint density at radius 1 is 1.62 bits per heavy atom. The van der Waals surface area contributed by atoms with Gasteiger partial charge in [0.25, 0.3) is 0 Å². The van der Waals surface area contributed by atoms with Crippen LogP contribution in [0.15, 0.2) is 0 Å². The van der Waals surface area contributed by atoms with Crippen molar-refractivity contribution in [1.82, 2.24) is 0 Å². The second-order valence-corrected chi connectivity index (χ2v) is 8.71. The second kappa shape index (κ2) is 6.21. The van der Waals surface area contributed by atoms with E-state index in [1.165, 1.54) is 10.9 Å². The molecule has 0 heterocycles. The summed E-state index contributed by atoms with van der Waals surface area (Å²) < 4.78 is 2.93. The van der Waals surface area contributed by atoms with Gasteiger partial charge in [-0.1, -0.05) is 0 Å². The Hall–Kier alpha value is 1.09. The molecule has 2 heteroatoms. The zero-order valence-corrected chi connectivity index (χ0v) is 10.6. The van der Waals surface area contributed by atoms with E-state index in [0.29, 0.717) is 5.38 Å². The summed E-state index contributed by atoms with van der Waals surface area (Å²) in [7, 11) is 0. The number of halogens is 1. The van der Waals surface area contributed by atoms with Gasteiger partial charge in [-0.25, -0.2) is 0 Å². The maximum absolute atomic E-state index is 5.77. The number of rotatable bonds is 4. The SMILES string of the molecule is CC[CH2][SnH2][CH2]C(C)Cl. The van der Waals surface area contributed by atoms with Crippen LogP contribution in [0.4, 0.5) is 0 Å². The molecule has 0 spiro atoms. The van der Waals surface area contributed by atoms with Gasteiger partial charge in [0.1, 0.15) is 0 Å². The van der Waals surface area contributed by atoms with Gasteiger partial charge in [0.2, 0.25) is 0 Å². The quantitative estimate of drug-likeness (QED) is 0.401. The Morgan fingerprint density at radius 3 is 2.62 bits per heavy atom. The van der Waals surface area contributed by atoms with Gasteiger partial charge in [0, 0.05) is 0 Å². The standard InChI is InChI=1S/C3H6Cl.C3H7.Sn.2H/c1-3(2)4;1-3-2;;;/h3H,1H2,2H3;1,3H2,2H3;;;. The van der Waals surface area contributed by atoms with Gasteiger partial charge in [-0.05, 0) is 0 Å². The first-order valence-corrected chi connectivity index (χ1v) is 9.56. The molecule has 50 valence electrons. The van der Waals surface area contributed by atoms with E-state index in [0.717, 1.165) is 0 Å². The second-order valence-electron chi connectivity index (χ2n) is 2.28. The van der Waals surface area contributed by atoms with Crippen LogP contribution in [0.2, 0.25) is 8.87 Å². The first-order valence-electron chi connectivity index (χ1n) is 3.41. The summed E-state index contributed by atoms with van der Waals surface area (Å²) in [6.07, 6.45) is 1.39. The summed E-state index contributed by atoms with van der Waals surface area (Å²) in [6, 6.07) is 0. The minimum atomic E-state index is -0.311. The van der Waals surface area contributed by atoms with Crippen LogP contribution in [0, 0.1) is 0 Å². The first kappa shape index (κ1) is 9.09. The number of alkyl halides is 1. The summed E-state index contributed by atoms with van der Waals surface area (Å²) in [5.74, 6) is 0. The molecule has 0 amide bonds. The van der Waals surface area contributed by atoms with Gasteiger partial charge in [-0.15, -0.1) is 0 Å². The Balaban J connectivity index is 2.72. The van der Waals surface area contributed by atoms with Crippen molar-refractivity contribution < 1.29 is 0 Å². The van der Waals surface area contributed by atoms with Crippen molar-refractivity contribution in [3.8, 4) is 0 Å². The van der Waals surface area contributed by atoms with Gasteiger partial charge in [-0.2, -0.15) is 0 Å². The first-order chi connectivity index (χ1) is 3.77. The van der Waals surface area contributed by atoms with Crippen molar-refractivity contribution in [1.29, 1.82) is 0 Å². The average Bonchev–Trinajstić information content (AvgIpc) is 1.66. The van der Waals surface area contributed by atoms with Crippen LogP contribution in [-0.2, 0) is 0 Å². The molecule has 0 aliphatic heterocycles. The van der Waals surface area contributed by atoms with E-state index in [-0.39, 0.29) is 21.1 Å². The van der Waals surface area contributed by atoms with E-state index >= 15 is 0 Å². The van der Waals surface area contributed by atoms with E-state index in [9.17, 15) is 0 Å². The third kappa shape index (κ3) is 7.09. The van der Waals surface area contributed by atoms with Crippen LogP contribution in [0.1, 0.15) is 20.3 Å². The van der Waals surface area contributed by atoms with Crippen LogP contribution >= 0.6 is 11.6 Å². The molecular formula is C6H15ClSn. The number of hydrogen-bond acceptors (Lipinski definition) is 0. The van der Waals surface area contributed by atoms with E-state index in [2.05, 4.69) is 13.8 Å². The molecule has 0 nitrogen and oxygen atoms in total. The summed E-state index contributed by atoms with van der Waals surface area (Å²) in [4.78, 5) is 0. The Morgan fingerprint density at radius 2 is 2.25 bits per heavy atom. The predicted molar refractivity (Wildman–Crippen MR) is 43.8 cm³/mol. The zero-order chi connectivity index (χ0) is 6.41. The zero-order valence-electron chi connectivity index (χ0n) is 5.78.